The largest absolute Gasteiger partial charge is 0.452 e. The molecule has 1 atom stereocenters. The second-order valence-corrected chi connectivity index (χ2v) is 5.01. The van der Waals surface area contributed by atoms with E-state index in [-0.39, 0.29) is 17.2 Å². The zero-order valence-corrected chi connectivity index (χ0v) is 10.9. The van der Waals surface area contributed by atoms with E-state index in [1.165, 1.54) is 6.26 Å². The van der Waals surface area contributed by atoms with Crippen LogP contribution in [0.1, 0.15) is 23.2 Å². The summed E-state index contributed by atoms with van der Waals surface area (Å²) in [6.45, 7) is 1.69. The molecule has 1 amide bonds. The van der Waals surface area contributed by atoms with Gasteiger partial charge in [0.05, 0.1) is 11.8 Å². The first-order chi connectivity index (χ1) is 8.09. The highest BCUT2D eigenvalue weighted by atomic mass is 35.5. The van der Waals surface area contributed by atoms with Gasteiger partial charge in [-0.1, -0.05) is 0 Å². The summed E-state index contributed by atoms with van der Waals surface area (Å²) in [4.78, 5) is 16.3. The third-order valence-electron chi connectivity index (χ3n) is 3.06. The normalized spacial score (nSPS) is 20.2. The first-order valence-electron chi connectivity index (χ1n) is 5.78. The Morgan fingerprint density at radius 1 is 1.65 bits per heavy atom. The second-order valence-electron chi connectivity index (χ2n) is 4.66. The van der Waals surface area contributed by atoms with Crippen molar-refractivity contribution in [2.75, 3.05) is 27.2 Å². The van der Waals surface area contributed by atoms with Crippen LogP contribution in [0.3, 0.4) is 0 Å². The number of furan rings is 1. The van der Waals surface area contributed by atoms with E-state index in [0.717, 1.165) is 25.9 Å². The molecule has 1 aliphatic heterocycles. The summed E-state index contributed by atoms with van der Waals surface area (Å²) < 4.78 is 4.97. The topological polar surface area (TPSA) is 36.7 Å². The van der Waals surface area contributed by atoms with E-state index in [4.69, 9.17) is 16.0 Å². The second kappa shape index (κ2) is 5.10. The van der Waals surface area contributed by atoms with Gasteiger partial charge in [-0.25, -0.2) is 0 Å². The minimum Gasteiger partial charge on any atom is -0.452 e. The lowest BCUT2D eigenvalue weighted by atomic mass is 10.2. The summed E-state index contributed by atoms with van der Waals surface area (Å²) in [5, 5.41) is 0.186. The van der Waals surface area contributed by atoms with E-state index in [0.29, 0.717) is 5.56 Å². The smallest absolute Gasteiger partial charge is 0.259 e. The number of likely N-dealkylation sites (tertiary alicyclic amines) is 1. The Kier molecular flexibility index (Phi) is 3.74. The van der Waals surface area contributed by atoms with Crippen LogP contribution in [0, 0.1) is 0 Å². The fourth-order valence-corrected chi connectivity index (χ4v) is 2.51. The fraction of sp³-hybridized carbons (Fsp3) is 0.583. The van der Waals surface area contributed by atoms with Gasteiger partial charge >= 0.3 is 0 Å². The molecular formula is C12H17ClN2O2. The van der Waals surface area contributed by atoms with Gasteiger partial charge in [-0.2, -0.15) is 0 Å². The molecular weight excluding hydrogens is 240 g/mol. The SMILES string of the molecule is CN(C)CC1CCCN1C(=O)c1ccoc1Cl. The molecule has 1 aromatic heterocycles. The van der Waals surface area contributed by atoms with Gasteiger partial charge in [0.2, 0.25) is 5.22 Å². The molecule has 0 radical (unpaired) electrons. The molecule has 1 aromatic rings. The number of likely N-dealkylation sites (N-methyl/N-ethyl adjacent to an activating group) is 1. The first kappa shape index (κ1) is 12.5. The van der Waals surface area contributed by atoms with Crippen LogP contribution in [-0.4, -0.2) is 48.9 Å². The molecule has 2 rings (SSSR count). The molecule has 2 heterocycles. The molecule has 1 saturated heterocycles. The van der Waals surface area contributed by atoms with Crippen molar-refractivity contribution in [2.24, 2.45) is 0 Å². The molecule has 0 N–H and O–H groups in total. The quantitative estimate of drug-likeness (QED) is 0.831. The van der Waals surface area contributed by atoms with E-state index in [1.807, 2.05) is 19.0 Å². The van der Waals surface area contributed by atoms with Crippen LogP contribution >= 0.6 is 11.6 Å². The molecule has 5 heteroatoms. The van der Waals surface area contributed by atoms with E-state index in [2.05, 4.69) is 4.90 Å². The zero-order chi connectivity index (χ0) is 12.4. The molecule has 0 bridgehead atoms. The van der Waals surface area contributed by atoms with Crippen molar-refractivity contribution < 1.29 is 9.21 Å². The summed E-state index contributed by atoms with van der Waals surface area (Å²) in [5.74, 6) is -0.0203. The Bertz CT molecular complexity index is 403. The van der Waals surface area contributed by atoms with Crippen LogP contribution in [0.2, 0.25) is 5.22 Å². The van der Waals surface area contributed by atoms with Crippen molar-refractivity contribution in [3.05, 3.63) is 23.1 Å². The highest BCUT2D eigenvalue weighted by Gasteiger charge is 2.31. The van der Waals surface area contributed by atoms with Gasteiger partial charge < -0.3 is 14.2 Å². The average Bonchev–Trinajstić information content (AvgIpc) is 2.85. The highest BCUT2D eigenvalue weighted by molar-refractivity contribution is 6.32. The number of rotatable bonds is 3. The lowest BCUT2D eigenvalue weighted by Crippen LogP contribution is -2.41. The van der Waals surface area contributed by atoms with Gasteiger partial charge in [0.15, 0.2) is 0 Å². The predicted molar refractivity (Wildman–Crippen MR) is 66.3 cm³/mol. The van der Waals surface area contributed by atoms with Crippen LogP contribution < -0.4 is 0 Å². The molecule has 17 heavy (non-hydrogen) atoms. The van der Waals surface area contributed by atoms with Crippen LogP contribution in [0.15, 0.2) is 16.7 Å². The molecule has 0 saturated carbocycles. The van der Waals surface area contributed by atoms with Crippen molar-refractivity contribution in [3.8, 4) is 0 Å². The first-order valence-corrected chi connectivity index (χ1v) is 6.16. The summed E-state index contributed by atoms with van der Waals surface area (Å²) in [5.41, 5.74) is 0.470. The van der Waals surface area contributed by atoms with Gasteiger partial charge in [-0.3, -0.25) is 4.79 Å². The number of halogens is 1. The Labute approximate surface area is 106 Å². The van der Waals surface area contributed by atoms with E-state index < -0.39 is 0 Å². The molecule has 1 unspecified atom stereocenters. The van der Waals surface area contributed by atoms with Crippen molar-refractivity contribution in [1.82, 2.24) is 9.80 Å². The van der Waals surface area contributed by atoms with Crippen molar-refractivity contribution in [3.63, 3.8) is 0 Å². The van der Waals surface area contributed by atoms with Gasteiger partial charge in [0.1, 0.15) is 0 Å². The van der Waals surface area contributed by atoms with E-state index >= 15 is 0 Å². The Morgan fingerprint density at radius 3 is 3.00 bits per heavy atom. The summed E-state index contributed by atoms with van der Waals surface area (Å²) in [6, 6.07) is 1.92. The number of carbonyl (C=O) groups excluding carboxylic acids is 1. The molecule has 0 spiro atoms. The summed E-state index contributed by atoms with van der Waals surface area (Å²) >= 11 is 5.84. The summed E-state index contributed by atoms with van der Waals surface area (Å²) in [6.07, 6.45) is 3.56. The maximum atomic E-state index is 12.3. The standard InChI is InChI=1S/C12H17ClN2O2/c1-14(2)8-9-4-3-6-15(9)12(16)10-5-7-17-11(10)13/h5,7,9H,3-4,6,8H2,1-2H3. The molecule has 1 aliphatic rings. The Balaban J connectivity index is 2.11. The van der Waals surface area contributed by atoms with Crippen molar-refractivity contribution in [1.29, 1.82) is 0 Å². The lowest BCUT2D eigenvalue weighted by molar-refractivity contribution is 0.0716. The van der Waals surface area contributed by atoms with Crippen LogP contribution in [0.5, 0.6) is 0 Å². The van der Waals surface area contributed by atoms with Gasteiger partial charge in [0, 0.05) is 19.1 Å². The molecule has 94 valence electrons. The van der Waals surface area contributed by atoms with Crippen LogP contribution in [0.25, 0.3) is 0 Å². The number of hydrogen-bond donors (Lipinski definition) is 0. The van der Waals surface area contributed by atoms with Crippen molar-refractivity contribution >= 4 is 17.5 Å². The fourth-order valence-electron chi connectivity index (χ4n) is 2.32. The van der Waals surface area contributed by atoms with Crippen LogP contribution in [-0.2, 0) is 0 Å². The Hall–Kier alpha value is -1.00. The van der Waals surface area contributed by atoms with E-state index in [9.17, 15) is 4.79 Å². The minimum atomic E-state index is -0.0203. The van der Waals surface area contributed by atoms with E-state index in [1.54, 1.807) is 6.07 Å². The average molecular weight is 257 g/mol. The maximum Gasteiger partial charge on any atom is 0.259 e. The molecule has 1 fully saturated rings. The molecule has 0 aromatic carbocycles. The summed E-state index contributed by atoms with van der Waals surface area (Å²) in [7, 11) is 4.04. The molecule has 4 nitrogen and oxygen atoms in total. The van der Waals surface area contributed by atoms with Gasteiger partial charge in [0.25, 0.3) is 5.91 Å². The molecule has 0 aliphatic carbocycles. The Morgan fingerprint density at radius 2 is 2.41 bits per heavy atom. The number of amides is 1. The van der Waals surface area contributed by atoms with Crippen LogP contribution in [0.4, 0.5) is 0 Å². The van der Waals surface area contributed by atoms with Gasteiger partial charge in [-0.05, 0) is 44.6 Å². The third kappa shape index (κ3) is 2.64. The number of carbonyl (C=O) groups is 1. The monoisotopic (exact) mass is 256 g/mol. The predicted octanol–water partition coefficient (Wildman–Crippen LogP) is 2.10. The minimum absolute atomic E-state index is 0.0203. The third-order valence-corrected chi connectivity index (χ3v) is 3.35. The number of hydrogen-bond acceptors (Lipinski definition) is 3. The van der Waals surface area contributed by atoms with Gasteiger partial charge in [-0.15, -0.1) is 0 Å². The zero-order valence-electron chi connectivity index (χ0n) is 10.1. The lowest BCUT2D eigenvalue weighted by Gasteiger charge is -2.26. The maximum absolute atomic E-state index is 12.3. The number of nitrogens with zero attached hydrogens (tertiary/aromatic N) is 2. The van der Waals surface area contributed by atoms with Crippen molar-refractivity contribution in [2.45, 2.75) is 18.9 Å². The highest BCUT2D eigenvalue weighted by Crippen LogP contribution is 2.24.